The molecule has 30 heavy (non-hydrogen) atoms. The molecule has 2 heterocycles. The molecule has 4 rings (SSSR count). The number of thioether (sulfide) groups is 1. The van der Waals surface area contributed by atoms with Gasteiger partial charge in [0.2, 0.25) is 0 Å². The van der Waals surface area contributed by atoms with Gasteiger partial charge in [-0.2, -0.15) is 0 Å². The molecule has 2 aliphatic rings. The lowest BCUT2D eigenvalue weighted by molar-refractivity contribution is -0.123. The third-order valence-electron chi connectivity index (χ3n) is 6.08. The van der Waals surface area contributed by atoms with Gasteiger partial charge >= 0.3 is 0 Å². The molecular formula is C25H28N2O2S. The molecule has 1 fully saturated rings. The van der Waals surface area contributed by atoms with E-state index in [0.717, 1.165) is 35.9 Å². The van der Waals surface area contributed by atoms with Crippen molar-refractivity contribution >= 4 is 34.7 Å². The molecular weight excluding hydrogens is 392 g/mol. The number of carbonyl (C=O) groups excluding carboxylic acids is 2. The summed E-state index contributed by atoms with van der Waals surface area (Å²) in [5.41, 5.74) is 4.64. The Bertz CT molecular complexity index is 1010. The van der Waals surface area contributed by atoms with Crippen molar-refractivity contribution in [1.82, 2.24) is 4.90 Å². The minimum Gasteiger partial charge on any atom is -0.366 e. The molecule has 2 amide bonds. The van der Waals surface area contributed by atoms with E-state index >= 15 is 0 Å². The third kappa shape index (κ3) is 3.79. The first-order valence-corrected chi connectivity index (χ1v) is 11.3. The van der Waals surface area contributed by atoms with Crippen molar-refractivity contribution in [3.8, 4) is 0 Å². The zero-order chi connectivity index (χ0) is 21.5. The average Bonchev–Trinajstić information content (AvgIpc) is 2.96. The van der Waals surface area contributed by atoms with Gasteiger partial charge in [-0.1, -0.05) is 43.3 Å². The van der Waals surface area contributed by atoms with Crippen LogP contribution >= 0.6 is 11.8 Å². The summed E-state index contributed by atoms with van der Waals surface area (Å²) in [6, 6.07) is 16.0. The van der Waals surface area contributed by atoms with E-state index in [9.17, 15) is 9.59 Å². The van der Waals surface area contributed by atoms with Gasteiger partial charge in [-0.3, -0.25) is 14.5 Å². The van der Waals surface area contributed by atoms with Gasteiger partial charge in [0.05, 0.1) is 11.4 Å². The number of imide groups is 1. The number of rotatable bonds is 4. The maximum Gasteiger partial charge on any atom is 0.293 e. The van der Waals surface area contributed by atoms with E-state index in [0.29, 0.717) is 17.4 Å². The summed E-state index contributed by atoms with van der Waals surface area (Å²) in [7, 11) is 0. The lowest BCUT2D eigenvalue weighted by atomic mass is 9.79. The highest BCUT2D eigenvalue weighted by Crippen LogP contribution is 2.44. The van der Waals surface area contributed by atoms with Crippen LogP contribution in [0.15, 0.2) is 53.4 Å². The molecule has 0 aliphatic carbocycles. The molecule has 2 aromatic carbocycles. The second-order valence-electron chi connectivity index (χ2n) is 8.73. The van der Waals surface area contributed by atoms with E-state index in [1.54, 1.807) is 0 Å². The number of anilines is 1. The molecule has 4 nitrogen and oxygen atoms in total. The van der Waals surface area contributed by atoms with Gasteiger partial charge in [-0.25, -0.2) is 0 Å². The van der Waals surface area contributed by atoms with Gasteiger partial charge in [-0.05, 0) is 79.8 Å². The van der Waals surface area contributed by atoms with Crippen molar-refractivity contribution in [1.29, 1.82) is 0 Å². The maximum atomic E-state index is 12.9. The summed E-state index contributed by atoms with van der Waals surface area (Å²) < 4.78 is 0. The molecule has 1 unspecified atom stereocenters. The van der Waals surface area contributed by atoms with E-state index in [4.69, 9.17) is 0 Å². The number of hydrogen-bond donors (Lipinski definition) is 0. The fourth-order valence-corrected chi connectivity index (χ4v) is 5.59. The van der Waals surface area contributed by atoms with Gasteiger partial charge in [0.1, 0.15) is 0 Å². The lowest BCUT2D eigenvalue weighted by Gasteiger charge is -2.47. The average molecular weight is 421 g/mol. The van der Waals surface area contributed by atoms with Crippen LogP contribution in [-0.4, -0.2) is 28.1 Å². The van der Waals surface area contributed by atoms with Gasteiger partial charge in [0.15, 0.2) is 0 Å². The summed E-state index contributed by atoms with van der Waals surface area (Å²) >= 11 is 1.03. The highest BCUT2D eigenvalue weighted by atomic mass is 32.2. The first kappa shape index (κ1) is 20.7. The van der Waals surface area contributed by atoms with Crippen LogP contribution in [0.5, 0.6) is 0 Å². The zero-order valence-electron chi connectivity index (χ0n) is 18.0. The number of amides is 2. The molecule has 2 aliphatic heterocycles. The first-order valence-electron chi connectivity index (χ1n) is 10.5. The summed E-state index contributed by atoms with van der Waals surface area (Å²) in [5, 5.41) is -0.208. The first-order chi connectivity index (χ1) is 14.3. The Morgan fingerprint density at radius 3 is 2.57 bits per heavy atom. The van der Waals surface area contributed by atoms with Crippen LogP contribution in [0.2, 0.25) is 0 Å². The lowest BCUT2D eigenvalue weighted by Crippen LogP contribution is -2.48. The van der Waals surface area contributed by atoms with Gasteiger partial charge < -0.3 is 4.90 Å². The Morgan fingerprint density at radius 2 is 1.87 bits per heavy atom. The number of fused-ring (bicyclic) bond motifs is 1. The summed E-state index contributed by atoms with van der Waals surface area (Å²) in [6.07, 6.45) is 2.95. The Hall–Kier alpha value is -2.53. The molecule has 0 radical (unpaired) electrons. The van der Waals surface area contributed by atoms with Crippen molar-refractivity contribution in [2.45, 2.75) is 52.1 Å². The topological polar surface area (TPSA) is 40.6 Å². The third-order valence-corrected chi connectivity index (χ3v) is 6.99. The van der Waals surface area contributed by atoms with Gasteiger partial charge in [0.25, 0.3) is 11.1 Å². The van der Waals surface area contributed by atoms with Crippen molar-refractivity contribution in [2.24, 2.45) is 0 Å². The molecule has 0 N–H and O–H groups in total. The van der Waals surface area contributed by atoms with Crippen LogP contribution in [0.1, 0.15) is 56.7 Å². The Labute approximate surface area is 182 Å². The predicted octanol–water partition coefficient (Wildman–Crippen LogP) is 6.04. The molecule has 0 spiro atoms. The second kappa shape index (κ2) is 7.95. The fourth-order valence-electron chi connectivity index (χ4n) is 4.75. The minimum atomic E-state index is -0.212. The maximum absolute atomic E-state index is 12.9. The standard InChI is InChI=1S/C25H28N2O2S/c1-5-27-21-12-11-19(13-20(21)17(2)15-25(27,3)4)14-22-23(28)26(24(29)30-22)16-18-9-7-6-8-10-18/h6-14,17H,5,15-16H2,1-4H3/b22-14+. The SMILES string of the molecule is CCN1c2ccc(/C=C3/SC(=O)N(Cc4ccccc4)C3=O)cc2C(C)CC1(C)C. The molecule has 1 atom stereocenters. The number of hydrogen-bond acceptors (Lipinski definition) is 4. The van der Waals surface area contributed by atoms with Crippen LogP contribution in [0.25, 0.3) is 6.08 Å². The summed E-state index contributed by atoms with van der Waals surface area (Å²) in [6.45, 7) is 10.3. The van der Waals surface area contributed by atoms with E-state index in [-0.39, 0.29) is 16.7 Å². The summed E-state index contributed by atoms with van der Waals surface area (Å²) in [5.74, 6) is 0.232. The molecule has 0 aromatic heterocycles. The van der Waals surface area contributed by atoms with E-state index in [1.165, 1.54) is 16.2 Å². The normalized spacial score (nSPS) is 22.0. The highest BCUT2D eigenvalue weighted by molar-refractivity contribution is 8.18. The van der Waals surface area contributed by atoms with Crippen molar-refractivity contribution in [3.05, 3.63) is 70.1 Å². The molecule has 156 valence electrons. The number of benzene rings is 2. The number of nitrogens with zero attached hydrogens (tertiary/aromatic N) is 2. The van der Waals surface area contributed by atoms with Crippen LogP contribution in [-0.2, 0) is 11.3 Å². The van der Waals surface area contributed by atoms with Crippen LogP contribution in [0.3, 0.4) is 0 Å². The second-order valence-corrected chi connectivity index (χ2v) is 9.73. The van der Waals surface area contributed by atoms with Crippen molar-refractivity contribution in [2.75, 3.05) is 11.4 Å². The largest absolute Gasteiger partial charge is 0.366 e. The van der Waals surface area contributed by atoms with Crippen molar-refractivity contribution in [3.63, 3.8) is 0 Å². The van der Waals surface area contributed by atoms with Crippen LogP contribution in [0.4, 0.5) is 10.5 Å². The zero-order valence-corrected chi connectivity index (χ0v) is 18.8. The monoisotopic (exact) mass is 420 g/mol. The molecule has 0 saturated carbocycles. The Balaban J connectivity index is 1.61. The number of carbonyl (C=O) groups is 2. The fraction of sp³-hybridized carbons (Fsp3) is 0.360. The molecule has 0 bridgehead atoms. The van der Waals surface area contributed by atoms with E-state index in [1.807, 2.05) is 36.4 Å². The smallest absolute Gasteiger partial charge is 0.293 e. The quantitative estimate of drug-likeness (QED) is 0.566. The Morgan fingerprint density at radius 1 is 1.13 bits per heavy atom. The van der Waals surface area contributed by atoms with Gasteiger partial charge in [-0.15, -0.1) is 0 Å². The minimum absolute atomic E-state index is 0.128. The predicted molar refractivity (Wildman–Crippen MR) is 125 cm³/mol. The molecule has 1 saturated heterocycles. The van der Waals surface area contributed by atoms with E-state index in [2.05, 4.69) is 50.8 Å². The molecule has 5 heteroatoms. The van der Waals surface area contributed by atoms with Gasteiger partial charge in [0, 0.05) is 17.8 Å². The van der Waals surface area contributed by atoms with Crippen LogP contribution < -0.4 is 4.90 Å². The summed E-state index contributed by atoms with van der Waals surface area (Å²) in [4.78, 5) is 29.6. The van der Waals surface area contributed by atoms with Crippen LogP contribution in [0, 0.1) is 0 Å². The van der Waals surface area contributed by atoms with Crippen molar-refractivity contribution < 1.29 is 9.59 Å². The van der Waals surface area contributed by atoms with E-state index < -0.39 is 0 Å². The molecule has 2 aromatic rings. The Kier molecular flexibility index (Phi) is 5.49. The highest BCUT2D eigenvalue weighted by Gasteiger charge is 2.37.